The van der Waals surface area contributed by atoms with Crippen molar-refractivity contribution in [3.05, 3.63) is 0 Å². The summed E-state index contributed by atoms with van der Waals surface area (Å²) in [5.74, 6) is -0.136. The van der Waals surface area contributed by atoms with Gasteiger partial charge in [0.15, 0.2) is 0 Å². The number of ether oxygens (including phenoxy) is 1. The lowest BCUT2D eigenvalue weighted by Gasteiger charge is -2.28. The highest BCUT2D eigenvalue weighted by Crippen LogP contribution is 2.28. The molecule has 1 rings (SSSR count). The van der Waals surface area contributed by atoms with Crippen LogP contribution in [0.1, 0.15) is 46.0 Å². The van der Waals surface area contributed by atoms with Gasteiger partial charge in [-0.2, -0.15) is 0 Å². The Morgan fingerprint density at radius 1 is 1.33 bits per heavy atom. The van der Waals surface area contributed by atoms with Crippen molar-refractivity contribution < 1.29 is 19.4 Å². The number of carbonyl (C=O) groups excluding carboxylic acids is 1. The molecule has 5 N–H and O–H groups in total. The van der Waals surface area contributed by atoms with Crippen LogP contribution < -0.4 is 11.5 Å². The van der Waals surface area contributed by atoms with Gasteiger partial charge in [0.25, 0.3) is 5.97 Å². The second-order valence-electron chi connectivity index (χ2n) is 4.81. The van der Waals surface area contributed by atoms with E-state index in [-0.39, 0.29) is 12.1 Å². The molecule has 106 valence electrons. The van der Waals surface area contributed by atoms with Gasteiger partial charge in [-0.1, -0.05) is 0 Å². The average molecular weight is 260 g/mol. The van der Waals surface area contributed by atoms with E-state index in [1.807, 2.05) is 6.92 Å². The summed E-state index contributed by atoms with van der Waals surface area (Å²) in [6.45, 7) is 3.12. The number of carbonyl (C=O) groups is 2. The zero-order valence-corrected chi connectivity index (χ0v) is 11.1. The van der Waals surface area contributed by atoms with Crippen LogP contribution in [-0.4, -0.2) is 29.3 Å². The fourth-order valence-electron chi connectivity index (χ4n) is 2.18. The summed E-state index contributed by atoms with van der Waals surface area (Å²) in [5, 5.41) is 7.42. The van der Waals surface area contributed by atoms with Crippen LogP contribution in [0.3, 0.4) is 0 Å². The van der Waals surface area contributed by atoms with Gasteiger partial charge in [-0.25, -0.2) is 4.79 Å². The third-order valence-electron chi connectivity index (χ3n) is 2.78. The van der Waals surface area contributed by atoms with Crippen molar-refractivity contribution in [1.29, 1.82) is 0 Å². The highest BCUT2D eigenvalue weighted by atomic mass is 16.6. The van der Waals surface area contributed by atoms with Gasteiger partial charge in [-0.05, 0) is 44.9 Å². The summed E-state index contributed by atoms with van der Waals surface area (Å²) in [5.41, 5.74) is 10.7. The van der Waals surface area contributed by atoms with Gasteiger partial charge < -0.3 is 21.3 Å². The number of hydrogen-bond donors (Lipinski definition) is 3. The third-order valence-corrected chi connectivity index (χ3v) is 2.78. The highest BCUT2D eigenvalue weighted by molar-refractivity contribution is 5.64. The van der Waals surface area contributed by atoms with Gasteiger partial charge in [0.05, 0.1) is 0 Å². The van der Waals surface area contributed by atoms with Crippen LogP contribution >= 0.6 is 0 Å². The van der Waals surface area contributed by atoms with E-state index in [1.165, 1.54) is 0 Å². The summed E-state index contributed by atoms with van der Waals surface area (Å²) in [4.78, 5) is 19.5. The van der Waals surface area contributed by atoms with Crippen LogP contribution in [-0.2, 0) is 9.53 Å². The number of primary amides is 1. The molecule has 6 heteroatoms. The molecule has 6 nitrogen and oxygen atoms in total. The van der Waals surface area contributed by atoms with Crippen LogP contribution in [0.15, 0.2) is 0 Å². The lowest BCUT2D eigenvalue weighted by molar-refractivity contribution is -0.134. The minimum absolute atomic E-state index is 0.0387. The Kier molecular flexibility index (Phi) is 8.11. The Morgan fingerprint density at radius 3 is 2.11 bits per heavy atom. The normalized spacial score (nSPS) is 24.4. The molecule has 0 aromatic heterocycles. The molecule has 1 aliphatic rings. The first-order valence-corrected chi connectivity index (χ1v) is 6.22. The van der Waals surface area contributed by atoms with Crippen molar-refractivity contribution in [1.82, 2.24) is 0 Å². The minimum atomic E-state index is -0.833. The van der Waals surface area contributed by atoms with E-state index in [9.17, 15) is 4.79 Å². The number of nitrogens with two attached hydrogens (primary N) is 2. The summed E-state index contributed by atoms with van der Waals surface area (Å²) in [6.07, 6.45) is 4.51. The summed E-state index contributed by atoms with van der Waals surface area (Å²) in [7, 11) is 0. The molecule has 18 heavy (non-hydrogen) atoms. The lowest BCUT2D eigenvalue weighted by Crippen LogP contribution is -2.29. The topological polar surface area (TPSA) is 116 Å². The second-order valence-corrected chi connectivity index (χ2v) is 4.81. The summed E-state index contributed by atoms with van der Waals surface area (Å²) < 4.78 is 4.95. The van der Waals surface area contributed by atoms with E-state index in [2.05, 4.69) is 0 Å². The molecular formula is C12H24N2O4. The minimum Gasteiger partial charge on any atom is -0.481 e. The fraction of sp³-hybridized carbons (Fsp3) is 0.833. The van der Waals surface area contributed by atoms with E-state index in [0.29, 0.717) is 5.92 Å². The standard InChI is InChI=1S/C10H20N2O2.C2H4O2/c1-7(11)6-8-2-4-9(5-3-8)14-10(12)13;1-2(3)4/h7-9H,2-6,11H2,1H3,(H2,12,13);1H3,(H,3,4). The zero-order valence-electron chi connectivity index (χ0n) is 11.1. The van der Waals surface area contributed by atoms with Gasteiger partial charge in [0.1, 0.15) is 6.10 Å². The Morgan fingerprint density at radius 2 is 1.78 bits per heavy atom. The van der Waals surface area contributed by atoms with Crippen molar-refractivity contribution in [2.75, 3.05) is 0 Å². The molecule has 1 amide bonds. The first-order valence-electron chi connectivity index (χ1n) is 6.22. The Bertz CT molecular complexity index is 257. The molecule has 0 aromatic carbocycles. The number of amides is 1. The smallest absolute Gasteiger partial charge is 0.404 e. The molecular weight excluding hydrogens is 236 g/mol. The molecule has 1 saturated carbocycles. The predicted octanol–water partition coefficient (Wildman–Crippen LogP) is 1.47. The van der Waals surface area contributed by atoms with Gasteiger partial charge in [0, 0.05) is 13.0 Å². The highest BCUT2D eigenvalue weighted by Gasteiger charge is 2.23. The quantitative estimate of drug-likeness (QED) is 0.710. The van der Waals surface area contributed by atoms with Gasteiger partial charge in [-0.3, -0.25) is 4.79 Å². The van der Waals surface area contributed by atoms with Crippen LogP contribution in [0.25, 0.3) is 0 Å². The first-order chi connectivity index (χ1) is 8.31. The van der Waals surface area contributed by atoms with Crippen molar-refractivity contribution in [3.8, 4) is 0 Å². The molecule has 0 spiro atoms. The van der Waals surface area contributed by atoms with Crippen molar-refractivity contribution in [2.45, 2.75) is 58.1 Å². The number of carboxylic acids is 1. The number of rotatable bonds is 3. The number of hydrogen-bond acceptors (Lipinski definition) is 4. The molecule has 0 radical (unpaired) electrons. The zero-order chi connectivity index (χ0) is 14.1. The molecule has 0 bridgehead atoms. The molecule has 0 saturated heterocycles. The maximum absolute atomic E-state index is 10.5. The summed E-state index contributed by atoms with van der Waals surface area (Å²) >= 11 is 0. The molecule has 0 aliphatic heterocycles. The Hall–Kier alpha value is -1.30. The van der Waals surface area contributed by atoms with E-state index >= 15 is 0 Å². The third kappa shape index (κ3) is 9.89. The molecule has 1 fully saturated rings. The molecule has 0 heterocycles. The monoisotopic (exact) mass is 260 g/mol. The van der Waals surface area contributed by atoms with E-state index in [4.69, 9.17) is 26.1 Å². The molecule has 1 aliphatic carbocycles. The van der Waals surface area contributed by atoms with Crippen LogP contribution in [0.5, 0.6) is 0 Å². The van der Waals surface area contributed by atoms with E-state index in [1.54, 1.807) is 0 Å². The number of carboxylic acid groups (broad SMARTS) is 1. The van der Waals surface area contributed by atoms with Crippen molar-refractivity contribution in [3.63, 3.8) is 0 Å². The maximum atomic E-state index is 10.5. The first kappa shape index (κ1) is 16.7. The Labute approximate surface area is 108 Å². The molecule has 0 aromatic rings. The average Bonchev–Trinajstić information content (AvgIpc) is 2.18. The van der Waals surface area contributed by atoms with Crippen molar-refractivity contribution >= 4 is 12.1 Å². The van der Waals surface area contributed by atoms with Crippen LogP contribution in [0.2, 0.25) is 0 Å². The van der Waals surface area contributed by atoms with Crippen LogP contribution in [0.4, 0.5) is 4.79 Å². The van der Waals surface area contributed by atoms with Crippen molar-refractivity contribution in [2.24, 2.45) is 17.4 Å². The molecule has 1 unspecified atom stereocenters. The fourth-order valence-corrected chi connectivity index (χ4v) is 2.18. The van der Waals surface area contributed by atoms with E-state index in [0.717, 1.165) is 39.0 Å². The molecule has 1 atom stereocenters. The van der Waals surface area contributed by atoms with Gasteiger partial charge in [-0.15, -0.1) is 0 Å². The number of aliphatic carboxylic acids is 1. The predicted molar refractivity (Wildman–Crippen MR) is 68.0 cm³/mol. The largest absolute Gasteiger partial charge is 0.481 e. The maximum Gasteiger partial charge on any atom is 0.404 e. The lowest BCUT2D eigenvalue weighted by atomic mass is 9.84. The summed E-state index contributed by atoms with van der Waals surface area (Å²) in [6, 6.07) is 0.272. The second kappa shape index (κ2) is 8.74. The Balaban J connectivity index is 0.000000631. The van der Waals surface area contributed by atoms with Crippen LogP contribution in [0, 0.1) is 5.92 Å². The van der Waals surface area contributed by atoms with Gasteiger partial charge >= 0.3 is 6.09 Å². The van der Waals surface area contributed by atoms with Gasteiger partial charge in [0.2, 0.25) is 0 Å². The SMILES string of the molecule is CC(=O)O.CC(N)CC1CCC(OC(N)=O)CC1. The van der Waals surface area contributed by atoms with E-state index < -0.39 is 12.1 Å².